The van der Waals surface area contributed by atoms with Crippen LogP contribution >= 0.6 is 11.6 Å². The molecule has 1 N–H and O–H groups in total. The van der Waals surface area contributed by atoms with Crippen LogP contribution in [0.15, 0.2) is 71.6 Å². The lowest BCUT2D eigenvalue weighted by Crippen LogP contribution is -2.13. The van der Waals surface area contributed by atoms with Gasteiger partial charge in [0.1, 0.15) is 5.75 Å². The van der Waals surface area contributed by atoms with Crippen molar-refractivity contribution in [2.45, 2.75) is 17.6 Å². The van der Waals surface area contributed by atoms with Gasteiger partial charge in [0.25, 0.3) is 5.91 Å². The Morgan fingerprint density at radius 2 is 1.69 bits per heavy atom. The summed E-state index contributed by atoms with van der Waals surface area (Å²) in [7, 11) is -1.94. The fourth-order valence-corrected chi connectivity index (χ4v) is 4.33. The van der Waals surface area contributed by atoms with E-state index in [-0.39, 0.29) is 16.6 Å². The van der Waals surface area contributed by atoms with Crippen molar-refractivity contribution in [3.8, 4) is 5.75 Å². The van der Waals surface area contributed by atoms with Crippen molar-refractivity contribution in [2.75, 3.05) is 12.4 Å². The van der Waals surface area contributed by atoms with Crippen LogP contribution < -0.4 is 10.1 Å². The van der Waals surface area contributed by atoms with Crippen molar-refractivity contribution in [3.05, 3.63) is 88.4 Å². The van der Waals surface area contributed by atoms with Crippen molar-refractivity contribution in [1.29, 1.82) is 0 Å². The third-order valence-corrected chi connectivity index (χ3v) is 6.52. The zero-order valence-corrected chi connectivity index (χ0v) is 17.5. The Balaban J connectivity index is 1.75. The molecule has 150 valence electrons. The summed E-state index contributed by atoms with van der Waals surface area (Å²) in [6, 6.07) is 18.1. The van der Waals surface area contributed by atoms with Crippen LogP contribution in [0.5, 0.6) is 5.75 Å². The standard InChI is InChI=1S/C22H20ClNO4S/c1-15-12-20(21(28-2)13-19(15)23)24-22(25)17-10-8-16(9-11-17)14-29(26,27)18-6-4-3-5-7-18/h3-13H,14H2,1-2H3,(H,24,25). The molecule has 0 aliphatic rings. The number of nitrogens with one attached hydrogen (secondary N) is 1. The fourth-order valence-electron chi connectivity index (χ4n) is 2.81. The highest BCUT2D eigenvalue weighted by atomic mass is 35.5. The van der Waals surface area contributed by atoms with Gasteiger partial charge in [-0.2, -0.15) is 0 Å². The van der Waals surface area contributed by atoms with Gasteiger partial charge in [-0.25, -0.2) is 8.42 Å². The highest BCUT2D eigenvalue weighted by Crippen LogP contribution is 2.31. The molecular formula is C22H20ClNO4S. The third-order valence-electron chi connectivity index (χ3n) is 4.40. The Labute approximate surface area is 175 Å². The SMILES string of the molecule is COc1cc(Cl)c(C)cc1NC(=O)c1ccc(CS(=O)(=O)c2ccccc2)cc1. The Morgan fingerprint density at radius 1 is 1.03 bits per heavy atom. The molecule has 7 heteroatoms. The number of methoxy groups -OCH3 is 1. The Hall–Kier alpha value is -2.83. The first-order chi connectivity index (χ1) is 13.8. The van der Waals surface area contributed by atoms with Gasteiger partial charge in [0.15, 0.2) is 9.84 Å². The molecule has 0 aliphatic heterocycles. The highest BCUT2D eigenvalue weighted by molar-refractivity contribution is 7.90. The number of carbonyl (C=O) groups is 1. The van der Waals surface area contributed by atoms with E-state index in [1.54, 1.807) is 66.7 Å². The predicted molar refractivity (Wildman–Crippen MR) is 114 cm³/mol. The zero-order valence-electron chi connectivity index (χ0n) is 16.0. The molecule has 5 nitrogen and oxygen atoms in total. The number of anilines is 1. The largest absolute Gasteiger partial charge is 0.495 e. The number of hydrogen-bond acceptors (Lipinski definition) is 4. The first-order valence-corrected chi connectivity index (χ1v) is 10.9. The van der Waals surface area contributed by atoms with Crippen LogP contribution in [0.3, 0.4) is 0 Å². The van der Waals surface area contributed by atoms with Crippen LogP contribution in [0.4, 0.5) is 5.69 Å². The predicted octanol–water partition coefficient (Wildman–Crippen LogP) is 4.88. The summed E-state index contributed by atoms with van der Waals surface area (Å²) >= 11 is 6.09. The average Bonchev–Trinajstić information content (AvgIpc) is 2.71. The first-order valence-electron chi connectivity index (χ1n) is 8.82. The molecule has 3 aromatic carbocycles. The van der Waals surface area contributed by atoms with Crippen LogP contribution in [0, 0.1) is 6.92 Å². The minimum Gasteiger partial charge on any atom is -0.495 e. The fraction of sp³-hybridized carbons (Fsp3) is 0.136. The van der Waals surface area contributed by atoms with Crippen LogP contribution in [0.2, 0.25) is 5.02 Å². The number of ether oxygens (including phenoxy) is 1. The summed E-state index contributed by atoms with van der Waals surface area (Å²) in [4.78, 5) is 12.8. The molecule has 0 radical (unpaired) electrons. The second-order valence-electron chi connectivity index (χ2n) is 6.52. The van der Waals surface area contributed by atoms with Gasteiger partial charge in [-0.3, -0.25) is 4.79 Å². The lowest BCUT2D eigenvalue weighted by molar-refractivity contribution is 0.102. The average molecular weight is 430 g/mol. The summed E-state index contributed by atoms with van der Waals surface area (Å²) in [5, 5.41) is 3.34. The number of hydrogen-bond donors (Lipinski definition) is 1. The van der Waals surface area contributed by atoms with Crippen LogP contribution in [-0.4, -0.2) is 21.4 Å². The number of amides is 1. The Bertz CT molecular complexity index is 1130. The number of aryl methyl sites for hydroxylation is 1. The molecule has 3 aromatic rings. The van der Waals surface area contributed by atoms with Gasteiger partial charge in [0.05, 0.1) is 23.4 Å². The Kier molecular flexibility index (Phi) is 6.25. The minimum absolute atomic E-state index is 0.136. The molecule has 29 heavy (non-hydrogen) atoms. The minimum atomic E-state index is -3.44. The zero-order chi connectivity index (χ0) is 21.0. The lowest BCUT2D eigenvalue weighted by atomic mass is 10.1. The molecule has 1 amide bonds. The number of rotatable bonds is 6. The maximum Gasteiger partial charge on any atom is 0.255 e. The quantitative estimate of drug-likeness (QED) is 0.605. The van der Waals surface area contributed by atoms with E-state index in [9.17, 15) is 13.2 Å². The second-order valence-corrected chi connectivity index (χ2v) is 8.92. The summed E-state index contributed by atoms with van der Waals surface area (Å²) in [6.45, 7) is 1.83. The van der Waals surface area contributed by atoms with Crippen LogP contribution in [0.1, 0.15) is 21.5 Å². The molecule has 0 saturated carbocycles. The summed E-state index contributed by atoms with van der Waals surface area (Å²) in [6.07, 6.45) is 0. The molecule has 0 bridgehead atoms. The molecule has 0 saturated heterocycles. The van der Waals surface area contributed by atoms with Gasteiger partial charge in [0, 0.05) is 16.7 Å². The summed E-state index contributed by atoms with van der Waals surface area (Å²) in [5.41, 5.74) is 2.32. The van der Waals surface area contributed by atoms with Gasteiger partial charge in [-0.15, -0.1) is 0 Å². The van der Waals surface area contributed by atoms with Crippen molar-refractivity contribution in [3.63, 3.8) is 0 Å². The molecule has 0 unspecified atom stereocenters. The van der Waals surface area contributed by atoms with E-state index in [4.69, 9.17) is 16.3 Å². The normalized spacial score (nSPS) is 11.1. The molecule has 0 aromatic heterocycles. The van der Waals surface area contributed by atoms with E-state index in [0.29, 0.717) is 27.6 Å². The van der Waals surface area contributed by atoms with Gasteiger partial charge in [0.2, 0.25) is 0 Å². The topological polar surface area (TPSA) is 72.5 Å². The van der Waals surface area contributed by atoms with Crippen molar-refractivity contribution in [2.24, 2.45) is 0 Å². The van der Waals surface area contributed by atoms with Crippen molar-refractivity contribution in [1.82, 2.24) is 0 Å². The molecular weight excluding hydrogens is 410 g/mol. The van der Waals surface area contributed by atoms with Gasteiger partial charge in [-0.1, -0.05) is 41.9 Å². The van der Waals surface area contributed by atoms with E-state index >= 15 is 0 Å². The van der Waals surface area contributed by atoms with E-state index in [0.717, 1.165) is 5.56 Å². The van der Waals surface area contributed by atoms with E-state index in [2.05, 4.69) is 5.32 Å². The van der Waals surface area contributed by atoms with Crippen LogP contribution in [-0.2, 0) is 15.6 Å². The monoisotopic (exact) mass is 429 g/mol. The van der Waals surface area contributed by atoms with E-state index in [1.165, 1.54) is 7.11 Å². The van der Waals surface area contributed by atoms with E-state index in [1.807, 2.05) is 6.92 Å². The number of halogens is 1. The van der Waals surface area contributed by atoms with Crippen LogP contribution in [0.25, 0.3) is 0 Å². The lowest BCUT2D eigenvalue weighted by Gasteiger charge is -2.12. The molecule has 3 rings (SSSR count). The number of benzene rings is 3. The third kappa shape index (κ3) is 4.96. The highest BCUT2D eigenvalue weighted by Gasteiger charge is 2.16. The summed E-state index contributed by atoms with van der Waals surface area (Å²) in [5.74, 6) is -0.00893. The van der Waals surface area contributed by atoms with Gasteiger partial charge in [-0.05, 0) is 48.4 Å². The molecule has 0 fully saturated rings. The van der Waals surface area contributed by atoms with E-state index < -0.39 is 9.84 Å². The van der Waals surface area contributed by atoms with Gasteiger partial charge >= 0.3 is 0 Å². The molecule has 0 atom stereocenters. The summed E-state index contributed by atoms with van der Waals surface area (Å²) < 4.78 is 30.2. The van der Waals surface area contributed by atoms with Crippen molar-refractivity contribution >= 4 is 33.0 Å². The molecule has 0 aliphatic carbocycles. The molecule has 0 spiro atoms. The van der Waals surface area contributed by atoms with Gasteiger partial charge < -0.3 is 10.1 Å². The first kappa shape index (κ1) is 20.9. The Morgan fingerprint density at radius 3 is 2.31 bits per heavy atom. The second kappa shape index (κ2) is 8.68. The smallest absolute Gasteiger partial charge is 0.255 e. The molecule has 0 heterocycles. The maximum atomic E-state index is 12.6. The number of sulfone groups is 1. The number of carbonyl (C=O) groups excluding carboxylic acids is 1. The van der Waals surface area contributed by atoms with Crippen molar-refractivity contribution < 1.29 is 17.9 Å². The maximum absolute atomic E-state index is 12.6.